The highest BCUT2D eigenvalue weighted by atomic mass is 32.2. The number of pyridine rings is 1. The summed E-state index contributed by atoms with van der Waals surface area (Å²) >= 11 is 1.43. The zero-order valence-electron chi connectivity index (χ0n) is 21.0. The summed E-state index contributed by atoms with van der Waals surface area (Å²) in [6.45, 7) is 11.2. The Hall–Kier alpha value is -2.92. The van der Waals surface area contributed by atoms with Crippen LogP contribution in [0.1, 0.15) is 42.8 Å². The minimum atomic E-state index is -0.314. The molecule has 188 valence electrons. The summed E-state index contributed by atoms with van der Waals surface area (Å²) in [6.07, 6.45) is 3.19. The molecule has 1 aliphatic heterocycles. The molecule has 0 fully saturated rings. The Morgan fingerprint density at radius 1 is 1.31 bits per heavy atom. The summed E-state index contributed by atoms with van der Waals surface area (Å²) in [7, 11) is 1.66. The van der Waals surface area contributed by atoms with Gasteiger partial charge in [0.15, 0.2) is 5.65 Å². The smallest absolute Gasteiger partial charge is 0.233 e. The number of rotatable bonds is 10. The van der Waals surface area contributed by atoms with Crippen molar-refractivity contribution in [3.05, 3.63) is 28.7 Å². The fraction of sp³-hybridized carbons (Fsp3) is 0.542. The lowest BCUT2D eigenvalue weighted by atomic mass is 10.1. The quantitative estimate of drug-likeness (QED) is 0.284. The predicted molar refractivity (Wildman–Crippen MR) is 138 cm³/mol. The monoisotopic (exact) mass is 498 g/mol. The van der Waals surface area contributed by atoms with Gasteiger partial charge in [-0.05, 0) is 39.3 Å². The van der Waals surface area contributed by atoms with Gasteiger partial charge in [0, 0.05) is 30.3 Å². The number of nitrogen functional groups attached to an aromatic ring is 1. The molecule has 0 saturated heterocycles. The van der Waals surface area contributed by atoms with Crippen LogP contribution in [0.2, 0.25) is 0 Å². The second-order valence-electron chi connectivity index (χ2n) is 9.29. The van der Waals surface area contributed by atoms with Crippen LogP contribution in [0.4, 0.5) is 5.95 Å². The normalized spacial score (nSPS) is 15.1. The van der Waals surface area contributed by atoms with Gasteiger partial charge in [-0.15, -0.1) is 0 Å². The van der Waals surface area contributed by atoms with Crippen LogP contribution in [0.5, 0.6) is 5.75 Å². The molecular formula is C24H34N8O2S. The van der Waals surface area contributed by atoms with E-state index in [-0.39, 0.29) is 17.1 Å². The molecule has 0 aromatic carbocycles. The molecule has 35 heavy (non-hydrogen) atoms. The number of methoxy groups -OCH3 is 1. The molecule has 3 aromatic heterocycles. The molecule has 1 unspecified atom stereocenters. The fourth-order valence-corrected chi connectivity index (χ4v) is 5.44. The highest BCUT2D eigenvalue weighted by molar-refractivity contribution is 8.00. The van der Waals surface area contributed by atoms with Crippen molar-refractivity contribution < 1.29 is 9.53 Å². The maximum atomic E-state index is 12.9. The topological polar surface area (TPSA) is 133 Å². The van der Waals surface area contributed by atoms with Crippen molar-refractivity contribution in [1.29, 1.82) is 0 Å². The molecule has 4 rings (SSSR count). The number of anilines is 1. The number of hydrogen-bond donors (Lipinski definition) is 3. The molecule has 0 aliphatic carbocycles. The maximum Gasteiger partial charge on any atom is 0.233 e. The van der Waals surface area contributed by atoms with Crippen molar-refractivity contribution in [3.63, 3.8) is 0 Å². The van der Waals surface area contributed by atoms with Gasteiger partial charge in [-0.25, -0.2) is 9.67 Å². The van der Waals surface area contributed by atoms with E-state index >= 15 is 0 Å². The molecule has 3 aromatic rings. The number of hydrogen-bond acceptors (Lipinski definition) is 9. The molecule has 1 amide bonds. The number of aryl methyl sites for hydroxylation is 1. The molecule has 0 spiro atoms. The molecule has 4 N–H and O–H groups in total. The van der Waals surface area contributed by atoms with E-state index in [4.69, 9.17) is 15.6 Å². The third-order valence-corrected chi connectivity index (χ3v) is 7.19. The first-order chi connectivity index (χ1) is 16.8. The molecule has 10 nitrogen and oxygen atoms in total. The molecule has 11 heteroatoms. The Kier molecular flexibility index (Phi) is 7.75. The van der Waals surface area contributed by atoms with E-state index in [2.05, 4.69) is 39.4 Å². The van der Waals surface area contributed by atoms with Gasteiger partial charge in [-0.1, -0.05) is 25.6 Å². The lowest BCUT2D eigenvalue weighted by Gasteiger charge is -2.19. The number of amides is 1. The van der Waals surface area contributed by atoms with Crippen LogP contribution in [0.3, 0.4) is 0 Å². The predicted octanol–water partition coefficient (Wildman–Crippen LogP) is 2.25. The number of nitrogens with one attached hydrogen (secondary N) is 2. The second-order valence-corrected chi connectivity index (χ2v) is 10.5. The van der Waals surface area contributed by atoms with E-state index in [0.29, 0.717) is 36.1 Å². The Morgan fingerprint density at radius 3 is 2.86 bits per heavy atom. The van der Waals surface area contributed by atoms with E-state index in [0.717, 1.165) is 53.2 Å². The van der Waals surface area contributed by atoms with Crippen LogP contribution < -0.4 is 21.1 Å². The van der Waals surface area contributed by atoms with Crippen LogP contribution in [0.25, 0.3) is 11.0 Å². The summed E-state index contributed by atoms with van der Waals surface area (Å²) in [6, 6.07) is 0. The number of carbonyl (C=O) groups excluding carboxylic acids is 1. The molecule has 0 saturated carbocycles. The summed E-state index contributed by atoms with van der Waals surface area (Å²) < 4.78 is 7.36. The maximum absolute atomic E-state index is 12.9. The van der Waals surface area contributed by atoms with E-state index < -0.39 is 0 Å². The molecule has 4 heterocycles. The van der Waals surface area contributed by atoms with Crippen molar-refractivity contribution in [3.8, 4) is 5.75 Å². The summed E-state index contributed by atoms with van der Waals surface area (Å²) in [5, 5.41) is 12.5. The van der Waals surface area contributed by atoms with E-state index in [1.807, 2.05) is 13.8 Å². The van der Waals surface area contributed by atoms with E-state index in [1.54, 1.807) is 18.0 Å². The number of nitrogens with two attached hydrogens (primary N) is 1. The zero-order valence-corrected chi connectivity index (χ0v) is 21.8. The first-order valence-electron chi connectivity index (χ1n) is 12.0. The van der Waals surface area contributed by atoms with Gasteiger partial charge in [0.05, 0.1) is 35.7 Å². The van der Waals surface area contributed by atoms with Gasteiger partial charge in [-0.3, -0.25) is 9.78 Å². The second kappa shape index (κ2) is 10.8. The lowest BCUT2D eigenvalue weighted by molar-refractivity contribution is -0.120. The van der Waals surface area contributed by atoms with Crippen LogP contribution in [-0.4, -0.2) is 62.6 Å². The largest absolute Gasteiger partial charge is 0.496 e. The molecule has 1 aliphatic rings. The third-order valence-electron chi connectivity index (χ3n) is 6.01. The SMILES string of the molecule is COc1c(C)cnc(Cn2nc3c4c(nc(N)nc42)SC(C(=O)NCCCNCC(C)C)C3)c1C. The summed E-state index contributed by atoms with van der Waals surface area (Å²) in [4.78, 5) is 26.4. The molecule has 0 radical (unpaired) electrons. The molecule has 0 bridgehead atoms. The minimum Gasteiger partial charge on any atom is -0.496 e. The first-order valence-corrected chi connectivity index (χ1v) is 12.8. The van der Waals surface area contributed by atoms with Crippen LogP contribution in [-0.2, 0) is 17.8 Å². The van der Waals surface area contributed by atoms with Crippen molar-refractivity contribution in [2.45, 2.75) is 57.4 Å². The van der Waals surface area contributed by atoms with Gasteiger partial charge < -0.3 is 21.1 Å². The third kappa shape index (κ3) is 5.51. The highest BCUT2D eigenvalue weighted by Gasteiger charge is 2.32. The zero-order chi connectivity index (χ0) is 25.1. The van der Waals surface area contributed by atoms with Gasteiger partial charge in [0.2, 0.25) is 11.9 Å². The highest BCUT2D eigenvalue weighted by Crippen LogP contribution is 2.38. The van der Waals surface area contributed by atoms with Crippen LogP contribution in [0.15, 0.2) is 11.2 Å². The Morgan fingerprint density at radius 2 is 2.11 bits per heavy atom. The Labute approximate surface area is 209 Å². The summed E-state index contributed by atoms with van der Waals surface area (Å²) in [5.74, 6) is 1.58. The van der Waals surface area contributed by atoms with Crippen LogP contribution >= 0.6 is 11.8 Å². The first kappa shape index (κ1) is 25.2. The number of nitrogens with zero attached hydrogens (tertiary/aromatic N) is 5. The average Bonchev–Trinajstić information content (AvgIpc) is 3.15. The number of aromatic nitrogens is 5. The fourth-order valence-electron chi connectivity index (χ4n) is 4.27. The lowest BCUT2D eigenvalue weighted by Crippen LogP contribution is -2.36. The van der Waals surface area contributed by atoms with Crippen LogP contribution in [0, 0.1) is 19.8 Å². The minimum absolute atomic E-state index is 0.00910. The van der Waals surface area contributed by atoms with Crippen molar-refractivity contribution in [2.24, 2.45) is 5.92 Å². The number of carbonyl (C=O) groups is 1. The van der Waals surface area contributed by atoms with Gasteiger partial charge in [0.1, 0.15) is 10.8 Å². The Bertz CT molecular complexity index is 1230. The van der Waals surface area contributed by atoms with Gasteiger partial charge >= 0.3 is 0 Å². The Balaban J connectivity index is 1.50. The molecular weight excluding hydrogens is 464 g/mol. The van der Waals surface area contributed by atoms with Gasteiger partial charge in [-0.2, -0.15) is 10.1 Å². The molecule has 1 atom stereocenters. The average molecular weight is 499 g/mol. The van der Waals surface area contributed by atoms with Crippen molar-refractivity contribution in [1.82, 2.24) is 35.4 Å². The van der Waals surface area contributed by atoms with E-state index in [9.17, 15) is 4.79 Å². The summed E-state index contributed by atoms with van der Waals surface area (Å²) in [5.41, 5.74) is 10.3. The van der Waals surface area contributed by atoms with Crippen molar-refractivity contribution >= 4 is 34.7 Å². The number of thioether (sulfide) groups is 1. The standard InChI is InChI=1S/C24H34N8O2S/c1-13(2)10-26-7-6-8-27-22(33)18-9-16-19-21(29-24(25)30-23(19)35-18)32(31-16)12-17-15(4)20(34-5)14(3)11-28-17/h11,13,18,26H,6-10,12H2,1-5H3,(H,27,33)(H2,25,29,30). The van der Waals surface area contributed by atoms with E-state index in [1.165, 1.54) is 11.8 Å². The van der Waals surface area contributed by atoms with Gasteiger partial charge in [0.25, 0.3) is 0 Å². The van der Waals surface area contributed by atoms with Crippen molar-refractivity contribution in [2.75, 3.05) is 32.5 Å². The number of ether oxygens (including phenoxy) is 1.